The summed E-state index contributed by atoms with van der Waals surface area (Å²) in [5.41, 5.74) is 3.01. The summed E-state index contributed by atoms with van der Waals surface area (Å²) in [6.07, 6.45) is 2.70. The first-order valence-corrected chi connectivity index (χ1v) is 14.0. The SMILES string of the molecule is COc1cccc(Cn2cccc2CN(Cc2ccccc2)C(=O)CN(CCC(C)C)C(=O)c2ccccc2F)c1. The van der Waals surface area contributed by atoms with Gasteiger partial charge in [-0.2, -0.15) is 0 Å². The molecule has 0 atom stereocenters. The van der Waals surface area contributed by atoms with Crippen molar-refractivity contribution < 1.29 is 18.7 Å². The fourth-order valence-electron chi connectivity index (χ4n) is 4.68. The molecule has 0 radical (unpaired) electrons. The Morgan fingerprint density at radius 2 is 1.59 bits per heavy atom. The van der Waals surface area contributed by atoms with Crippen LogP contribution in [0.2, 0.25) is 0 Å². The van der Waals surface area contributed by atoms with Crippen molar-refractivity contribution in [1.29, 1.82) is 0 Å². The molecule has 0 aliphatic carbocycles. The molecule has 41 heavy (non-hydrogen) atoms. The minimum absolute atomic E-state index is 0.0224. The fraction of sp³-hybridized carbons (Fsp3) is 0.294. The summed E-state index contributed by atoms with van der Waals surface area (Å²) in [6, 6.07) is 27.6. The van der Waals surface area contributed by atoms with Crippen LogP contribution in [0.15, 0.2) is 97.2 Å². The molecule has 4 aromatic rings. The van der Waals surface area contributed by atoms with Crippen molar-refractivity contribution in [1.82, 2.24) is 14.4 Å². The Kier molecular flexibility index (Phi) is 10.3. The van der Waals surface area contributed by atoms with E-state index in [1.54, 1.807) is 24.1 Å². The molecule has 1 aromatic heterocycles. The van der Waals surface area contributed by atoms with Crippen molar-refractivity contribution in [2.45, 2.75) is 39.9 Å². The maximum Gasteiger partial charge on any atom is 0.257 e. The molecular weight excluding hydrogens is 517 g/mol. The first-order chi connectivity index (χ1) is 19.8. The number of rotatable bonds is 13. The van der Waals surface area contributed by atoms with E-state index >= 15 is 0 Å². The van der Waals surface area contributed by atoms with E-state index in [4.69, 9.17) is 4.74 Å². The van der Waals surface area contributed by atoms with Gasteiger partial charge in [0.05, 0.1) is 19.2 Å². The van der Waals surface area contributed by atoms with Crippen molar-refractivity contribution in [2.75, 3.05) is 20.2 Å². The van der Waals surface area contributed by atoms with Gasteiger partial charge in [-0.3, -0.25) is 9.59 Å². The summed E-state index contributed by atoms with van der Waals surface area (Å²) >= 11 is 0. The monoisotopic (exact) mass is 555 g/mol. The third-order valence-electron chi connectivity index (χ3n) is 7.03. The van der Waals surface area contributed by atoms with E-state index < -0.39 is 11.7 Å². The van der Waals surface area contributed by atoms with Crippen molar-refractivity contribution in [3.05, 3.63) is 125 Å². The van der Waals surface area contributed by atoms with Gasteiger partial charge < -0.3 is 19.1 Å². The van der Waals surface area contributed by atoms with Gasteiger partial charge in [0.25, 0.3) is 5.91 Å². The number of halogens is 1. The Morgan fingerprint density at radius 1 is 0.854 bits per heavy atom. The Labute approximate surface area is 242 Å². The Bertz CT molecular complexity index is 1430. The van der Waals surface area contributed by atoms with E-state index in [9.17, 15) is 14.0 Å². The second-order valence-electron chi connectivity index (χ2n) is 10.6. The number of ether oxygens (including phenoxy) is 1. The summed E-state index contributed by atoms with van der Waals surface area (Å²) < 4.78 is 22.0. The third kappa shape index (κ3) is 8.30. The van der Waals surface area contributed by atoms with Crippen molar-refractivity contribution in [3.8, 4) is 5.75 Å². The predicted molar refractivity (Wildman–Crippen MR) is 159 cm³/mol. The highest BCUT2D eigenvalue weighted by Crippen LogP contribution is 2.18. The first kappa shape index (κ1) is 29.6. The van der Waals surface area contributed by atoms with Gasteiger partial charge in [-0.1, -0.05) is 68.4 Å². The number of carbonyl (C=O) groups excluding carboxylic acids is 2. The highest BCUT2D eigenvalue weighted by molar-refractivity contribution is 5.96. The molecule has 0 saturated carbocycles. The van der Waals surface area contributed by atoms with Gasteiger partial charge >= 0.3 is 0 Å². The summed E-state index contributed by atoms with van der Waals surface area (Å²) in [5, 5.41) is 0. The van der Waals surface area contributed by atoms with Gasteiger partial charge in [0.2, 0.25) is 5.91 Å². The molecule has 2 amide bonds. The Hall–Kier alpha value is -4.39. The highest BCUT2D eigenvalue weighted by atomic mass is 19.1. The summed E-state index contributed by atoms with van der Waals surface area (Å²) in [5.74, 6) is -0.148. The summed E-state index contributed by atoms with van der Waals surface area (Å²) in [7, 11) is 1.65. The molecule has 6 nitrogen and oxygen atoms in total. The molecule has 7 heteroatoms. The molecule has 0 bridgehead atoms. The zero-order valence-electron chi connectivity index (χ0n) is 24.0. The molecule has 0 saturated heterocycles. The van der Waals surface area contributed by atoms with E-state index in [0.717, 1.165) is 22.6 Å². The molecule has 0 fully saturated rings. The number of nitrogens with zero attached hydrogens (tertiary/aromatic N) is 3. The van der Waals surface area contributed by atoms with Crippen LogP contribution >= 0.6 is 0 Å². The Balaban J connectivity index is 1.58. The van der Waals surface area contributed by atoms with E-state index in [1.807, 2.05) is 72.9 Å². The maximum atomic E-state index is 14.6. The topological polar surface area (TPSA) is 54.8 Å². The van der Waals surface area contributed by atoms with Gasteiger partial charge in [0.15, 0.2) is 0 Å². The molecule has 0 N–H and O–H groups in total. The van der Waals surface area contributed by atoms with Gasteiger partial charge in [-0.05, 0) is 59.9 Å². The minimum Gasteiger partial charge on any atom is -0.497 e. The minimum atomic E-state index is -0.587. The maximum absolute atomic E-state index is 14.6. The molecule has 0 aliphatic heterocycles. The van der Waals surface area contributed by atoms with Crippen LogP contribution < -0.4 is 4.74 Å². The quantitative estimate of drug-likeness (QED) is 0.192. The lowest BCUT2D eigenvalue weighted by Gasteiger charge is -2.29. The zero-order chi connectivity index (χ0) is 29.2. The molecule has 0 aliphatic rings. The molecule has 3 aromatic carbocycles. The predicted octanol–water partition coefficient (Wildman–Crippen LogP) is 6.40. The van der Waals surface area contributed by atoms with Crippen molar-refractivity contribution in [3.63, 3.8) is 0 Å². The number of methoxy groups -OCH3 is 1. The largest absolute Gasteiger partial charge is 0.497 e. The number of amides is 2. The lowest BCUT2D eigenvalue weighted by Crippen LogP contribution is -2.43. The number of benzene rings is 3. The molecule has 214 valence electrons. The number of hydrogen-bond acceptors (Lipinski definition) is 3. The van der Waals surface area contributed by atoms with Crippen molar-refractivity contribution in [2.24, 2.45) is 5.92 Å². The first-order valence-electron chi connectivity index (χ1n) is 14.0. The molecular formula is C34H38FN3O3. The van der Waals surface area contributed by atoms with Crippen LogP contribution in [0.4, 0.5) is 4.39 Å². The highest BCUT2D eigenvalue weighted by Gasteiger charge is 2.25. The van der Waals surface area contributed by atoms with Crippen LogP contribution in [0.5, 0.6) is 5.75 Å². The van der Waals surface area contributed by atoms with Crippen LogP contribution in [-0.4, -0.2) is 46.4 Å². The fourth-order valence-corrected chi connectivity index (χ4v) is 4.68. The lowest BCUT2D eigenvalue weighted by atomic mass is 10.1. The molecule has 4 rings (SSSR count). The Morgan fingerprint density at radius 3 is 2.32 bits per heavy atom. The van der Waals surface area contributed by atoms with Gasteiger partial charge in [0.1, 0.15) is 18.1 Å². The van der Waals surface area contributed by atoms with E-state index in [-0.39, 0.29) is 18.0 Å². The summed E-state index contributed by atoms with van der Waals surface area (Å²) in [4.78, 5) is 30.6. The average Bonchev–Trinajstić information content (AvgIpc) is 3.41. The van der Waals surface area contributed by atoms with Crippen LogP contribution in [0, 0.1) is 11.7 Å². The van der Waals surface area contributed by atoms with Gasteiger partial charge in [0, 0.05) is 31.5 Å². The van der Waals surface area contributed by atoms with Crippen LogP contribution in [0.3, 0.4) is 0 Å². The van der Waals surface area contributed by atoms with E-state index in [2.05, 4.69) is 18.4 Å². The van der Waals surface area contributed by atoms with Crippen LogP contribution in [0.1, 0.15) is 47.4 Å². The van der Waals surface area contributed by atoms with E-state index in [1.165, 1.54) is 17.0 Å². The smallest absolute Gasteiger partial charge is 0.257 e. The second kappa shape index (κ2) is 14.3. The summed E-state index contributed by atoms with van der Waals surface area (Å²) in [6.45, 7) is 5.72. The standard InChI is InChI=1S/C34H38FN3O3/c1-26(2)18-20-37(34(40)31-16-7-8-17-32(31)35)25-33(39)38(22-27-11-5-4-6-12-27)24-29-14-10-19-36(29)23-28-13-9-15-30(21-28)41-3/h4-17,19,21,26H,18,20,22-25H2,1-3H3. The number of aromatic nitrogens is 1. The molecule has 0 spiro atoms. The molecule has 1 heterocycles. The van der Waals surface area contributed by atoms with E-state index in [0.29, 0.717) is 38.5 Å². The van der Waals surface area contributed by atoms with Crippen LogP contribution in [-0.2, 0) is 24.4 Å². The van der Waals surface area contributed by atoms with Gasteiger partial charge in [-0.15, -0.1) is 0 Å². The van der Waals surface area contributed by atoms with Crippen molar-refractivity contribution >= 4 is 11.8 Å². The van der Waals surface area contributed by atoms with Gasteiger partial charge in [-0.25, -0.2) is 4.39 Å². The van der Waals surface area contributed by atoms with Crippen LogP contribution in [0.25, 0.3) is 0 Å². The molecule has 0 unspecified atom stereocenters. The normalized spacial score (nSPS) is 11.0. The lowest BCUT2D eigenvalue weighted by molar-refractivity contribution is -0.133. The zero-order valence-corrected chi connectivity index (χ0v) is 24.0. The second-order valence-corrected chi connectivity index (χ2v) is 10.6. The third-order valence-corrected chi connectivity index (χ3v) is 7.03. The number of hydrogen-bond donors (Lipinski definition) is 0. The number of carbonyl (C=O) groups is 2. The average molecular weight is 556 g/mol.